The number of hydrogen-bond donors (Lipinski definition) is 0. The number of benzene rings is 1. The summed E-state index contributed by atoms with van der Waals surface area (Å²) in [5, 5.41) is 1.27. The van der Waals surface area contributed by atoms with Gasteiger partial charge in [-0.25, -0.2) is 0 Å². The maximum Gasteiger partial charge on any atom is 0.0708 e. The van der Waals surface area contributed by atoms with Crippen LogP contribution in [0.4, 0.5) is 0 Å². The molecular weight excluding hydrogens is 230 g/mol. The third-order valence-corrected chi connectivity index (χ3v) is 3.60. The predicted octanol–water partition coefficient (Wildman–Crippen LogP) is 5.39. The molecule has 1 heterocycles. The van der Waals surface area contributed by atoms with Crippen molar-refractivity contribution in [2.75, 3.05) is 0 Å². The van der Waals surface area contributed by atoms with Gasteiger partial charge in [0.1, 0.15) is 0 Å². The molecule has 2 rings (SSSR count). The second-order valence-corrected chi connectivity index (χ2v) is 5.64. The number of aromatic nitrogens is 1. The first kappa shape index (κ1) is 13.8. The molecule has 19 heavy (non-hydrogen) atoms. The topological polar surface area (TPSA) is 12.9 Å². The van der Waals surface area contributed by atoms with Crippen molar-refractivity contribution in [3.05, 3.63) is 53.2 Å². The molecule has 0 saturated carbocycles. The van der Waals surface area contributed by atoms with Crippen LogP contribution < -0.4 is 0 Å². The minimum Gasteiger partial charge on any atom is -0.253 e. The highest BCUT2D eigenvalue weighted by atomic mass is 14.7. The molecule has 0 radical (unpaired) electrons. The van der Waals surface area contributed by atoms with E-state index in [1.165, 1.54) is 22.2 Å². The average Bonchev–Trinajstić information content (AvgIpc) is 2.38. The molecule has 1 nitrogen and oxygen atoms in total. The lowest BCUT2D eigenvalue weighted by molar-refractivity contribution is 0.671. The molecular formula is C18H23N. The van der Waals surface area contributed by atoms with Crippen molar-refractivity contribution in [2.45, 2.75) is 46.5 Å². The maximum absolute atomic E-state index is 4.81. The van der Waals surface area contributed by atoms with E-state index >= 15 is 0 Å². The van der Waals surface area contributed by atoms with Gasteiger partial charge >= 0.3 is 0 Å². The van der Waals surface area contributed by atoms with E-state index in [2.05, 4.69) is 64.1 Å². The number of pyridine rings is 1. The Hall–Kier alpha value is -1.63. The van der Waals surface area contributed by atoms with Gasteiger partial charge in [-0.15, -0.1) is 0 Å². The molecule has 2 aromatic rings. The monoisotopic (exact) mass is 253 g/mol. The molecule has 0 saturated heterocycles. The molecule has 0 aliphatic heterocycles. The predicted molar refractivity (Wildman–Crippen MR) is 83.6 cm³/mol. The lowest BCUT2D eigenvalue weighted by Gasteiger charge is -2.12. The largest absolute Gasteiger partial charge is 0.253 e. The zero-order chi connectivity index (χ0) is 13.8. The second-order valence-electron chi connectivity index (χ2n) is 5.64. The van der Waals surface area contributed by atoms with E-state index in [1.54, 1.807) is 0 Å². The van der Waals surface area contributed by atoms with Crippen LogP contribution in [-0.2, 0) is 0 Å². The van der Waals surface area contributed by atoms with E-state index in [4.69, 9.17) is 4.98 Å². The molecule has 0 aliphatic rings. The molecule has 1 unspecified atom stereocenters. The average molecular weight is 253 g/mol. The number of allylic oxidation sites excluding steroid dienone is 2. The Labute approximate surface area is 116 Å². The Balaban J connectivity index is 2.22. The molecule has 1 aromatic heterocycles. The first-order valence-corrected chi connectivity index (χ1v) is 7.07. The van der Waals surface area contributed by atoms with Crippen molar-refractivity contribution in [1.82, 2.24) is 4.98 Å². The lowest BCUT2D eigenvalue weighted by atomic mass is 9.98. The summed E-state index contributed by atoms with van der Waals surface area (Å²) in [6, 6.07) is 10.6. The molecule has 1 aromatic carbocycles. The van der Waals surface area contributed by atoms with Gasteiger partial charge in [-0.3, -0.25) is 4.98 Å². The maximum atomic E-state index is 4.81. The van der Waals surface area contributed by atoms with Gasteiger partial charge in [0.2, 0.25) is 0 Å². The SMILES string of the molecule is CC(C)=CCCC(C)c1cc(C)c2ccccc2n1. The van der Waals surface area contributed by atoms with Gasteiger partial charge in [-0.05, 0) is 57.2 Å². The molecule has 0 bridgehead atoms. The summed E-state index contributed by atoms with van der Waals surface area (Å²) < 4.78 is 0. The second kappa shape index (κ2) is 6.01. The Morgan fingerprint density at radius 2 is 2.00 bits per heavy atom. The van der Waals surface area contributed by atoms with Crippen LogP contribution in [0.15, 0.2) is 42.0 Å². The van der Waals surface area contributed by atoms with Crippen LogP contribution in [0.1, 0.15) is 50.8 Å². The molecule has 1 heteroatoms. The summed E-state index contributed by atoms with van der Waals surface area (Å²) in [5.74, 6) is 0.513. The molecule has 0 amide bonds. The zero-order valence-electron chi connectivity index (χ0n) is 12.4. The van der Waals surface area contributed by atoms with Gasteiger partial charge in [0, 0.05) is 11.1 Å². The summed E-state index contributed by atoms with van der Waals surface area (Å²) in [6.45, 7) is 8.76. The lowest BCUT2D eigenvalue weighted by Crippen LogP contribution is -1.98. The summed E-state index contributed by atoms with van der Waals surface area (Å²) in [4.78, 5) is 4.81. The van der Waals surface area contributed by atoms with Crippen molar-refractivity contribution in [1.29, 1.82) is 0 Å². The molecule has 1 atom stereocenters. The van der Waals surface area contributed by atoms with Crippen LogP contribution >= 0.6 is 0 Å². The third kappa shape index (κ3) is 3.44. The number of para-hydroxylation sites is 1. The van der Waals surface area contributed by atoms with Gasteiger partial charge in [-0.1, -0.05) is 36.8 Å². The highest BCUT2D eigenvalue weighted by molar-refractivity contribution is 5.82. The van der Waals surface area contributed by atoms with Gasteiger partial charge in [0.25, 0.3) is 0 Å². The first-order chi connectivity index (χ1) is 9.08. The number of nitrogens with zero attached hydrogens (tertiary/aromatic N) is 1. The Morgan fingerprint density at radius 1 is 1.26 bits per heavy atom. The van der Waals surface area contributed by atoms with Crippen molar-refractivity contribution >= 4 is 10.9 Å². The Morgan fingerprint density at radius 3 is 2.74 bits per heavy atom. The van der Waals surface area contributed by atoms with Crippen molar-refractivity contribution in [3.8, 4) is 0 Å². The van der Waals surface area contributed by atoms with Gasteiger partial charge in [0.05, 0.1) is 5.52 Å². The van der Waals surface area contributed by atoms with E-state index in [0.717, 1.165) is 18.4 Å². The summed E-state index contributed by atoms with van der Waals surface area (Å²) >= 11 is 0. The van der Waals surface area contributed by atoms with E-state index in [-0.39, 0.29) is 0 Å². The number of fused-ring (bicyclic) bond motifs is 1. The minimum atomic E-state index is 0.513. The highest BCUT2D eigenvalue weighted by Gasteiger charge is 2.09. The van der Waals surface area contributed by atoms with E-state index in [1.807, 2.05) is 0 Å². The number of rotatable bonds is 4. The Bertz CT molecular complexity index is 592. The van der Waals surface area contributed by atoms with Crippen LogP contribution in [0.3, 0.4) is 0 Å². The highest BCUT2D eigenvalue weighted by Crippen LogP contribution is 2.24. The minimum absolute atomic E-state index is 0.513. The van der Waals surface area contributed by atoms with Crippen LogP contribution in [0.2, 0.25) is 0 Å². The first-order valence-electron chi connectivity index (χ1n) is 7.07. The standard InChI is InChI=1S/C18H23N/c1-13(2)8-7-9-14(3)18-12-15(4)16-10-5-6-11-17(16)19-18/h5-6,8,10-12,14H,7,9H2,1-4H3. The normalized spacial score (nSPS) is 12.4. The smallest absolute Gasteiger partial charge is 0.0708 e. The fraction of sp³-hybridized carbons (Fsp3) is 0.389. The van der Waals surface area contributed by atoms with E-state index in [9.17, 15) is 0 Å². The number of hydrogen-bond acceptors (Lipinski definition) is 1. The molecule has 100 valence electrons. The fourth-order valence-electron chi connectivity index (χ4n) is 2.40. The summed E-state index contributed by atoms with van der Waals surface area (Å²) in [7, 11) is 0. The van der Waals surface area contributed by atoms with E-state index in [0.29, 0.717) is 5.92 Å². The fourth-order valence-corrected chi connectivity index (χ4v) is 2.40. The quantitative estimate of drug-likeness (QED) is 0.665. The van der Waals surface area contributed by atoms with Crippen LogP contribution in [-0.4, -0.2) is 4.98 Å². The zero-order valence-corrected chi connectivity index (χ0v) is 12.4. The summed E-state index contributed by atoms with van der Waals surface area (Å²) in [5.41, 5.74) is 5.06. The van der Waals surface area contributed by atoms with Crippen molar-refractivity contribution < 1.29 is 0 Å². The molecule has 0 fully saturated rings. The van der Waals surface area contributed by atoms with Crippen LogP contribution in [0.5, 0.6) is 0 Å². The van der Waals surface area contributed by atoms with E-state index < -0.39 is 0 Å². The molecule has 0 N–H and O–H groups in total. The van der Waals surface area contributed by atoms with Crippen molar-refractivity contribution in [2.24, 2.45) is 0 Å². The third-order valence-electron chi connectivity index (χ3n) is 3.60. The van der Waals surface area contributed by atoms with Crippen LogP contribution in [0.25, 0.3) is 10.9 Å². The Kier molecular flexibility index (Phi) is 4.36. The van der Waals surface area contributed by atoms with Crippen molar-refractivity contribution in [3.63, 3.8) is 0 Å². The molecule has 0 spiro atoms. The summed E-state index contributed by atoms with van der Waals surface area (Å²) in [6.07, 6.45) is 4.61. The van der Waals surface area contributed by atoms with Gasteiger partial charge < -0.3 is 0 Å². The van der Waals surface area contributed by atoms with Crippen LogP contribution in [0, 0.1) is 6.92 Å². The number of aryl methyl sites for hydroxylation is 1. The molecule has 0 aliphatic carbocycles. The van der Waals surface area contributed by atoms with Gasteiger partial charge in [-0.2, -0.15) is 0 Å². The van der Waals surface area contributed by atoms with Gasteiger partial charge in [0.15, 0.2) is 0 Å².